The number of hydrogen-bond acceptors (Lipinski definition) is 8. The first-order valence-electron chi connectivity index (χ1n) is 13.1. The third kappa shape index (κ3) is 7.84. The highest BCUT2D eigenvalue weighted by atomic mass is 31.1. The maximum absolute atomic E-state index is 12.2. The summed E-state index contributed by atoms with van der Waals surface area (Å²) < 4.78 is 8.94. The minimum Gasteiger partial charge on any atom is -0.453 e. The maximum atomic E-state index is 12.2. The van der Waals surface area contributed by atoms with E-state index in [9.17, 15) is 19.2 Å². The molecule has 0 spiro atoms. The van der Waals surface area contributed by atoms with E-state index in [1.807, 2.05) is 48.5 Å². The highest BCUT2D eigenvalue weighted by Crippen LogP contribution is 2.27. The van der Waals surface area contributed by atoms with Crippen molar-refractivity contribution in [1.82, 2.24) is 30.6 Å². The number of imidazole rings is 2. The molecule has 0 saturated heterocycles. The van der Waals surface area contributed by atoms with Crippen molar-refractivity contribution in [3.05, 3.63) is 72.1 Å². The third-order valence-corrected chi connectivity index (χ3v) is 8.12. The number of hydrogen-bond donors (Lipinski definition) is 4. The summed E-state index contributed by atoms with van der Waals surface area (Å²) in [6, 6.07) is 18.0. The number of rotatable bonds is 9. The maximum Gasteiger partial charge on any atom is 0.407 e. The van der Waals surface area contributed by atoms with Gasteiger partial charge in [0.25, 0.3) is 0 Å². The third-order valence-electron chi connectivity index (χ3n) is 6.25. The van der Waals surface area contributed by atoms with Crippen LogP contribution in [0.15, 0.2) is 60.8 Å². The first-order valence-corrected chi connectivity index (χ1v) is 15.1. The molecule has 44 heavy (non-hydrogen) atoms. The number of methoxy groups -OCH3 is 2. The Morgan fingerprint density at radius 1 is 0.773 bits per heavy atom. The van der Waals surface area contributed by atoms with Crippen molar-refractivity contribution < 1.29 is 28.7 Å². The SMILES string of the molecule is COC(=O)NCC(=O)Pc1ncc(C#Cc2ccc3cc(-c4ccc5nc(PC(=O)CNC(=O)OC)[nH]c5c4)ccc3c2)[nH]1. The topological polar surface area (TPSA) is 168 Å². The second-order valence-corrected chi connectivity index (χ2v) is 11.8. The van der Waals surface area contributed by atoms with E-state index in [2.05, 4.69) is 58.0 Å². The lowest BCUT2D eigenvalue weighted by Crippen LogP contribution is -2.28. The number of carbonyl (C=O) groups is 4. The van der Waals surface area contributed by atoms with Crippen molar-refractivity contribution in [1.29, 1.82) is 0 Å². The lowest BCUT2D eigenvalue weighted by Gasteiger charge is -2.05. The molecule has 5 aromatic rings. The number of amides is 2. The zero-order valence-corrected chi connectivity index (χ0v) is 25.5. The van der Waals surface area contributed by atoms with Crippen LogP contribution in [0.5, 0.6) is 0 Å². The monoisotopic (exact) mass is 628 g/mol. The van der Waals surface area contributed by atoms with Crippen LogP contribution in [0, 0.1) is 11.8 Å². The van der Waals surface area contributed by atoms with Crippen molar-refractivity contribution in [2.45, 2.75) is 0 Å². The summed E-state index contributed by atoms with van der Waals surface area (Å²) in [6.45, 7) is -0.255. The molecule has 5 rings (SSSR count). The summed E-state index contributed by atoms with van der Waals surface area (Å²) in [6.07, 6.45) is 0.259. The van der Waals surface area contributed by atoms with E-state index in [-0.39, 0.29) is 41.3 Å². The van der Waals surface area contributed by atoms with E-state index in [4.69, 9.17) is 0 Å². The number of H-pyrrole nitrogens is 2. The van der Waals surface area contributed by atoms with Crippen molar-refractivity contribution >= 4 is 73.3 Å². The van der Waals surface area contributed by atoms with E-state index in [0.29, 0.717) is 16.8 Å². The molecule has 0 fully saturated rings. The smallest absolute Gasteiger partial charge is 0.407 e. The fourth-order valence-electron chi connectivity index (χ4n) is 4.14. The van der Waals surface area contributed by atoms with Gasteiger partial charge in [0.05, 0.1) is 44.5 Å². The van der Waals surface area contributed by atoms with Crippen LogP contribution < -0.4 is 21.8 Å². The van der Waals surface area contributed by atoms with Crippen LogP contribution in [0.25, 0.3) is 32.9 Å². The Morgan fingerprint density at radius 3 is 2.14 bits per heavy atom. The highest BCUT2D eigenvalue weighted by Gasteiger charge is 2.12. The number of carbonyl (C=O) groups excluding carboxylic acids is 4. The molecule has 0 aliphatic rings. The number of alkyl carbamates (subject to hydrolysis) is 2. The number of ether oxygens (including phenoxy) is 2. The largest absolute Gasteiger partial charge is 0.453 e. The summed E-state index contributed by atoms with van der Waals surface area (Å²) in [5, 5.41) is 6.82. The van der Waals surface area contributed by atoms with Gasteiger partial charge >= 0.3 is 12.2 Å². The fraction of sp³-hybridized carbons (Fsp3) is 0.133. The van der Waals surface area contributed by atoms with Crippen LogP contribution in [-0.4, -0.2) is 70.5 Å². The Morgan fingerprint density at radius 2 is 1.41 bits per heavy atom. The molecule has 3 aromatic carbocycles. The van der Waals surface area contributed by atoms with Gasteiger partial charge in [-0.3, -0.25) is 9.59 Å². The first kappa shape index (κ1) is 30.4. The Bertz CT molecular complexity index is 1960. The molecule has 0 radical (unpaired) electrons. The number of aromatic nitrogens is 4. The molecule has 222 valence electrons. The molecule has 2 atom stereocenters. The Hall–Kier alpha value is -5.10. The van der Waals surface area contributed by atoms with Crippen LogP contribution >= 0.6 is 17.2 Å². The van der Waals surface area contributed by atoms with E-state index < -0.39 is 12.2 Å². The molecule has 4 N–H and O–H groups in total. The van der Waals surface area contributed by atoms with Crippen LogP contribution in [0.1, 0.15) is 11.3 Å². The normalized spacial score (nSPS) is 11.1. The molecule has 0 bridgehead atoms. The van der Waals surface area contributed by atoms with Crippen molar-refractivity contribution in [2.75, 3.05) is 27.3 Å². The number of aromatic amines is 2. The van der Waals surface area contributed by atoms with Crippen molar-refractivity contribution in [3.8, 4) is 23.0 Å². The molecule has 12 nitrogen and oxygen atoms in total. The molecular formula is C30H26N6O6P2. The van der Waals surface area contributed by atoms with Gasteiger partial charge in [0.1, 0.15) is 16.8 Å². The Balaban J connectivity index is 1.24. The van der Waals surface area contributed by atoms with Crippen molar-refractivity contribution in [3.63, 3.8) is 0 Å². The Labute approximate surface area is 254 Å². The highest BCUT2D eigenvalue weighted by molar-refractivity contribution is 7.65. The average molecular weight is 629 g/mol. The lowest BCUT2D eigenvalue weighted by atomic mass is 9.99. The summed E-state index contributed by atoms with van der Waals surface area (Å²) in [7, 11) is 2.01. The predicted molar refractivity (Wildman–Crippen MR) is 170 cm³/mol. The van der Waals surface area contributed by atoms with Gasteiger partial charge in [0, 0.05) is 22.7 Å². The van der Waals surface area contributed by atoms with Gasteiger partial charge < -0.3 is 30.1 Å². The van der Waals surface area contributed by atoms with Gasteiger partial charge in [-0.25, -0.2) is 19.6 Å². The first-order chi connectivity index (χ1) is 21.3. The summed E-state index contributed by atoms with van der Waals surface area (Å²) in [4.78, 5) is 61.5. The summed E-state index contributed by atoms with van der Waals surface area (Å²) in [5.41, 5.74) is 5.68. The van der Waals surface area contributed by atoms with Gasteiger partial charge in [0.2, 0.25) is 0 Å². The molecule has 0 aliphatic heterocycles. The number of fused-ring (bicyclic) bond motifs is 2. The van der Waals surface area contributed by atoms with Gasteiger partial charge in [-0.1, -0.05) is 30.2 Å². The van der Waals surface area contributed by atoms with Gasteiger partial charge in [0.15, 0.2) is 11.0 Å². The molecule has 14 heteroatoms. The zero-order valence-electron chi connectivity index (χ0n) is 23.5. The van der Waals surface area contributed by atoms with Crippen LogP contribution in [0.4, 0.5) is 9.59 Å². The minimum absolute atomic E-state index is 0.122. The number of benzene rings is 3. The van der Waals surface area contributed by atoms with Crippen LogP contribution in [-0.2, 0) is 19.1 Å². The average Bonchev–Trinajstić information content (AvgIpc) is 3.66. The zero-order chi connectivity index (χ0) is 31.1. The van der Waals surface area contributed by atoms with Gasteiger partial charge in [-0.15, -0.1) is 0 Å². The van der Waals surface area contributed by atoms with E-state index in [1.54, 1.807) is 6.20 Å². The second kappa shape index (κ2) is 13.9. The number of nitrogens with zero attached hydrogens (tertiary/aromatic N) is 2. The number of nitrogens with one attached hydrogen (secondary N) is 4. The molecular weight excluding hydrogens is 602 g/mol. The molecule has 2 aromatic heterocycles. The summed E-state index contributed by atoms with van der Waals surface area (Å²) >= 11 is 0. The van der Waals surface area contributed by atoms with Crippen LogP contribution in [0.2, 0.25) is 0 Å². The van der Waals surface area contributed by atoms with Crippen LogP contribution in [0.3, 0.4) is 0 Å². The second-order valence-electron chi connectivity index (χ2n) is 9.28. The Kier molecular flexibility index (Phi) is 9.60. The van der Waals surface area contributed by atoms with E-state index >= 15 is 0 Å². The van der Waals surface area contributed by atoms with E-state index in [0.717, 1.165) is 38.5 Å². The predicted octanol–water partition coefficient (Wildman–Crippen LogP) is 2.88. The molecule has 2 unspecified atom stereocenters. The molecule has 2 amide bonds. The van der Waals surface area contributed by atoms with Gasteiger partial charge in [-0.05, 0) is 58.2 Å². The molecule has 2 heterocycles. The quantitative estimate of drug-likeness (QED) is 0.143. The molecule has 0 saturated carbocycles. The summed E-state index contributed by atoms with van der Waals surface area (Å²) in [5.74, 6) is 6.17. The fourth-order valence-corrected chi connectivity index (χ4v) is 5.72. The lowest BCUT2D eigenvalue weighted by molar-refractivity contribution is -0.111. The molecule has 0 aliphatic carbocycles. The van der Waals surface area contributed by atoms with Crippen molar-refractivity contribution in [2.24, 2.45) is 0 Å². The standard InChI is InChI=1S/C30H26N6O6P2/c1-41-29(39)32-15-25(37)43-27-31-14-22(34-27)9-4-17-3-5-19-12-20(7-6-18(19)11-17)21-8-10-23-24(13-21)36-28(35-23)44-26(38)16-33-30(40)42-2/h3,5-8,10-14,43-44H,15-16H2,1-2H3,(H,31,34)(H,32,39)(H,33,40)(H,35,36). The minimum atomic E-state index is -0.661. The van der Waals surface area contributed by atoms with E-state index in [1.165, 1.54) is 14.2 Å². The van der Waals surface area contributed by atoms with Gasteiger partial charge in [-0.2, -0.15) is 0 Å².